The van der Waals surface area contributed by atoms with Gasteiger partial charge in [-0.25, -0.2) is 4.99 Å². The van der Waals surface area contributed by atoms with Crippen LogP contribution in [0.25, 0.3) is 0 Å². The Balaban J connectivity index is 1.86. The molecule has 0 amide bonds. The van der Waals surface area contributed by atoms with Gasteiger partial charge < -0.3 is 5.11 Å². The third-order valence-corrected chi connectivity index (χ3v) is 7.00. The smallest absolute Gasteiger partial charge is 0.200 e. The zero-order valence-electron chi connectivity index (χ0n) is 20.7. The number of hydrogen-bond acceptors (Lipinski definition) is 2. The number of aliphatic hydroxyl groups excluding tert-OH is 1. The largest absolute Gasteiger partial charge is 0.345 e. The number of hydrogen-bond donors (Lipinski definition) is 1. The maximum Gasteiger partial charge on any atom is 0.200 e. The Kier molecular flexibility index (Phi) is 16.4. The Bertz CT molecular complexity index is 458. The fourth-order valence-corrected chi connectivity index (χ4v) is 4.82. The van der Waals surface area contributed by atoms with Crippen molar-refractivity contribution in [3.8, 4) is 0 Å². The van der Waals surface area contributed by atoms with Gasteiger partial charge in [-0.15, -0.1) is 0 Å². The van der Waals surface area contributed by atoms with Gasteiger partial charge in [0.25, 0.3) is 0 Å². The molecule has 1 aliphatic rings. The van der Waals surface area contributed by atoms with E-state index >= 15 is 0 Å². The molecule has 1 heterocycles. The Hall–Kier alpha value is -0.670. The van der Waals surface area contributed by atoms with Crippen molar-refractivity contribution in [3.05, 3.63) is 12.2 Å². The van der Waals surface area contributed by atoms with E-state index in [4.69, 9.17) is 4.99 Å². The van der Waals surface area contributed by atoms with E-state index in [1.807, 2.05) is 6.92 Å². The minimum Gasteiger partial charge on any atom is -0.345 e. The molecule has 0 aromatic carbocycles. The summed E-state index contributed by atoms with van der Waals surface area (Å²) >= 11 is 0. The van der Waals surface area contributed by atoms with Crippen LogP contribution < -0.4 is 0 Å². The van der Waals surface area contributed by atoms with Crippen LogP contribution in [0.1, 0.15) is 130 Å². The van der Waals surface area contributed by atoms with Crippen molar-refractivity contribution < 1.29 is 9.59 Å². The number of amidine groups is 1. The summed E-state index contributed by atoms with van der Waals surface area (Å²) in [5.41, 5.74) is 0. The maximum absolute atomic E-state index is 10.2. The standard InChI is InChI=1S/C27H53N2O/c1-4-6-7-8-9-10-11-12-13-14-15-16-17-18-19-20-21-22-23-27-28-24-25-29(27,5-2)26(3)30/h9-10,26,30H,4-8,11-25H2,1-3H3/q+1/b10-9+. The minimum atomic E-state index is -0.316. The van der Waals surface area contributed by atoms with E-state index in [1.165, 1.54) is 109 Å². The number of aliphatic hydroxyl groups is 1. The highest BCUT2D eigenvalue weighted by molar-refractivity contribution is 5.76. The van der Waals surface area contributed by atoms with Crippen molar-refractivity contribution in [2.45, 2.75) is 136 Å². The SMILES string of the molecule is CCCCC/C=C/CCCCCCCCCCCCCC1=NCC[N+]1(CC)C(C)O. The molecule has 0 aromatic rings. The van der Waals surface area contributed by atoms with Gasteiger partial charge >= 0.3 is 0 Å². The normalized spacial score (nSPS) is 20.2. The Morgan fingerprint density at radius 2 is 1.30 bits per heavy atom. The predicted octanol–water partition coefficient (Wildman–Crippen LogP) is 7.78. The van der Waals surface area contributed by atoms with E-state index in [2.05, 4.69) is 26.0 Å². The van der Waals surface area contributed by atoms with Crippen LogP contribution in [0.3, 0.4) is 0 Å². The summed E-state index contributed by atoms with van der Waals surface area (Å²) in [6.45, 7) is 9.22. The molecule has 176 valence electrons. The van der Waals surface area contributed by atoms with Crippen molar-refractivity contribution in [3.63, 3.8) is 0 Å². The molecule has 2 atom stereocenters. The number of allylic oxidation sites excluding steroid dienone is 2. The van der Waals surface area contributed by atoms with Gasteiger partial charge in [0.1, 0.15) is 6.54 Å². The Morgan fingerprint density at radius 1 is 0.800 bits per heavy atom. The topological polar surface area (TPSA) is 32.6 Å². The zero-order valence-corrected chi connectivity index (χ0v) is 20.7. The summed E-state index contributed by atoms with van der Waals surface area (Å²) in [4.78, 5) is 4.72. The van der Waals surface area contributed by atoms with E-state index in [1.54, 1.807) is 0 Å². The molecule has 0 spiro atoms. The van der Waals surface area contributed by atoms with Crippen LogP contribution in [0, 0.1) is 0 Å². The van der Waals surface area contributed by atoms with Gasteiger partial charge in [-0.2, -0.15) is 0 Å². The second kappa shape index (κ2) is 18.0. The van der Waals surface area contributed by atoms with Crippen LogP contribution in [0.5, 0.6) is 0 Å². The van der Waals surface area contributed by atoms with E-state index in [-0.39, 0.29) is 6.23 Å². The summed E-state index contributed by atoms with van der Waals surface area (Å²) in [7, 11) is 0. The van der Waals surface area contributed by atoms with Gasteiger partial charge in [0.05, 0.1) is 13.1 Å². The van der Waals surface area contributed by atoms with Crippen LogP contribution in [0.4, 0.5) is 0 Å². The number of nitrogens with zero attached hydrogens (tertiary/aromatic N) is 2. The third-order valence-electron chi connectivity index (χ3n) is 7.00. The number of aliphatic imine (C=N–C) groups is 1. The quantitative estimate of drug-likeness (QED) is 0.121. The number of quaternary nitrogens is 1. The van der Waals surface area contributed by atoms with E-state index in [0.717, 1.165) is 30.5 Å². The van der Waals surface area contributed by atoms with Crippen molar-refractivity contribution in [1.29, 1.82) is 0 Å². The van der Waals surface area contributed by atoms with Gasteiger partial charge in [-0.1, -0.05) is 89.7 Å². The second-order valence-electron chi connectivity index (χ2n) is 9.40. The zero-order chi connectivity index (χ0) is 21.9. The lowest BCUT2D eigenvalue weighted by atomic mass is 10.0. The molecule has 0 radical (unpaired) electrons. The molecule has 0 aromatic heterocycles. The molecule has 1 rings (SSSR count). The summed E-state index contributed by atoms with van der Waals surface area (Å²) < 4.78 is 0.718. The van der Waals surface area contributed by atoms with Gasteiger partial charge in [0.2, 0.25) is 5.84 Å². The molecule has 0 saturated heterocycles. The molecule has 2 unspecified atom stereocenters. The average molecular weight is 422 g/mol. The predicted molar refractivity (Wildman–Crippen MR) is 133 cm³/mol. The fourth-order valence-electron chi connectivity index (χ4n) is 4.82. The van der Waals surface area contributed by atoms with E-state index < -0.39 is 0 Å². The third kappa shape index (κ3) is 11.1. The minimum absolute atomic E-state index is 0.316. The van der Waals surface area contributed by atoms with Gasteiger partial charge in [0, 0.05) is 13.3 Å². The van der Waals surface area contributed by atoms with Crippen LogP contribution in [0.2, 0.25) is 0 Å². The van der Waals surface area contributed by atoms with Crippen molar-refractivity contribution in [2.24, 2.45) is 4.99 Å². The maximum atomic E-state index is 10.2. The average Bonchev–Trinajstić information content (AvgIpc) is 3.17. The van der Waals surface area contributed by atoms with Gasteiger partial charge in [-0.05, 0) is 39.0 Å². The van der Waals surface area contributed by atoms with E-state index in [0.29, 0.717) is 0 Å². The first-order valence-electron chi connectivity index (χ1n) is 13.4. The van der Waals surface area contributed by atoms with Crippen LogP contribution in [-0.2, 0) is 0 Å². The monoisotopic (exact) mass is 421 g/mol. The molecule has 30 heavy (non-hydrogen) atoms. The lowest BCUT2D eigenvalue weighted by Gasteiger charge is -2.36. The van der Waals surface area contributed by atoms with Gasteiger partial charge in [0.15, 0.2) is 6.23 Å². The molecule has 3 heteroatoms. The highest BCUT2D eigenvalue weighted by atomic mass is 16.3. The molecular weight excluding hydrogens is 368 g/mol. The molecule has 1 aliphatic heterocycles. The summed E-state index contributed by atoms with van der Waals surface area (Å²) in [5.74, 6) is 1.25. The molecule has 1 N–H and O–H groups in total. The summed E-state index contributed by atoms with van der Waals surface area (Å²) in [6, 6.07) is 0. The summed E-state index contributed by atoms with van der Waals surface area (Å²) in [5, 5.41) is 10.2. The van der Waals surface area contributed by atoms with Crippen LogP contribution in [-0.4, -0.2) is 41.3 Å². The number of unbranched alkanes of at least 4 members (excludes halogenated alkanes) is 14. The molecule has 0 saturated carbocycles. The molecule has 0 aliphatic carbocycles. The molecule has 0 bridgehead atoms. The Labute approximate surface area is 188 Å². The van der Waals surface area contributed by atoms with Crippen LogP contribution >= 0.6 is 0 Å². The molecule has 3 nitrogen and oxygen atoms in total. The lowest BCUT2D eigenvalue weighted by molar-refractivity contribution is -0.882. The molecule has 0 fully saturated rings. The number of likely N-dealkylation sites (N-methyl/N-ethyl adjacent to an activating group) is 1. The second-order valence-corrected chi connectivity index (χ2v) is 9.40. The van der Waals surface area contributed by atoms with Gasteiger partial charge in [-0.3, -0.25) is 4.48 Å². The highest BCUT2D eigenvalue weighted by Crippen LogP contribution is 2.23. The lowest BCUT2D eigenvalue weighted by Crippen LogP contribution is -2.56. The van der Waals surface area contributed by atoms with Crippen molar-refractivity contribution in [2.75, 3.05) is 19.6 Å². The number of rotatable bonds is 20. The van der Waals surface area contributed by atoms with E-state index in [9.17, 15) is 5.11 Å². The molecular formula is C27H53N2O+. The summed E-state index contributed by atoms with van der Waals surface area (Å²) in [6.07, 6.45) is 27.4. The Morgan fingerprint density at radius 3 is 1.80 bits per heavy atom. The van der Waals surface area contributed by atoms with Crippen LogP contribution in [0.15, 0.2) is 17.1 Å². The fraction of sp³-hybridized carbons (Fsp3) is 0.889. The highest BCUT2D eigenvalue weighted by Gasteiger charge is 2.40. The first kappa shape index (κ1) is 27.4. The first-order valence-corrected chi connectivity index (χ1v) is 13.4. The van der Waals surface area contributed by atoms with Crippen molar-refractivity contribution >= 4 is 5.84 Å². The van der Waals surface area contributed by atoms with Crippen molar-refractivity contribution in [1.82, 2.24) is 0 Å². The first-order chi connectivity index (χ1) is 14.7.